The summed E-state index contributed by atoms with van der Waals surface area (Å²) in [5.41, 5.74) is 0.344. The second-order valence-electron chi connectivity index (χ2n) is 3.15. The van der Waals surface area contributed by atoms with Crippen molar-refractivity contribution in [1.82, 2.24) is 0 Å². The molecule has 15 heavy (non-hydrogen) atoms. The van der Waals surface area contributed by atoms with Crippen LogP contribution >= 0.6 is 11.8 Å². The fourth-order valence-electron chi connectivity index (χ4n) is 1.25. The molecule has 1 atom stereocenters. The Kier molecular flexibility index (Phi) is 4.07. The number of carbonyl (C=O) groups excluding carboxylic acids is 1. The average molecular weight is 240 g/mol. The Bertz CT molecular complexity index is 273. The summed E-state index contributed by atoms with van der Waals surface area (Å²) in [7, 11) is 0. The first-order chi connectivity index (χ1) is 6.92. The molecule has 0 spiro atoms. The van der Waals surface area contributed by atoms with E-state index in [2.05, 4.69) is 0 Å². The highest BCUT2D eigenvalue weighted by Gasteiger charge is 2.35. The molecule has 1 heterocycles. The van der Waals surface area contributed by atoms with Crippen molar-refractivity contribution in [2.75, 3.05) is 6.61 Å². The van der Waals surface area contributed by atoms with Crippen LogP contribution in [0, 0.1) is 0 Å². The van der Waals surface area contributed by atoms with Crippen molar-refractivity contribution in [2.45, 2.75) is 31.2 Å². The van der Waals surface area contributed by atoms with E-state index >= 15 is 0 Å². The van der Waals surface area contributed by atoms with Crippen molar-refractivity contribution in [3.63, 3.8) is 0 Å². The van der Waals surface area contributed by atoms with Gasteiger partial charge in [0.1, 0.15) is 0 Å². The van der Waals surface area contributed by atoms with E-state index in [4.69, 9.17) is 4.74 Å². The van der Waals surface area contributed by atoms with Gasteiger partial charge < -0.3 is 4.74 Å². The quantitative estimate of drug-likeness (QED) is 0.709. The Morgan fingerprint density at radius 2 is 2.33 bits per heavy atom. The second kappa shape index (κ2) is 4.92. The third-order valence-corrected chi connectivity index (χ3v) is 2.99. The van der Waals surface area contributed by atoms with Gasteiger partial charge in [0.15, 0.2) is 0 Å². The molecule has 0 saturated carbocycles. The van der Waals surface area contributed by atoms with Gasteiger partial charge in [-0.3, -0.25) is 0 Å². The van der Waals surface area contributed by atoms with Gasteiger partial charge in [-0.1, -0.05) is 0 Å². The van der Waals surface area contributed by atoms with Crippen molar-refractivity contribution < 1.29 is 22.7 Å². The summed E-state index contributed by atoms with van der Waals surface area (Å²) in [6.07, 6.45) is -4.89. The van der Waals surface area contributed by atoms with Crippen molar-refractivity contribution in [1.29, 1.82) is 0 Å². The normalized spacial score (nSPS) is 21.3. The summed E-state index contributed by atoms with van der Waals surface area (Å²) >= 11 is 1.05. The first-order valence-electron chi connectivity index (χ1n) is 4.50. The van der Waals surface area contributed by atoms with Gasteiger partial charge in [-0.05, 0) is 18.8 Å². The minimum Gasteiger partial charge on any atom is -0.463 e. The first kappa shape index (κ1) is 12.4. The van der Waals surface area contributed by atoms with Crippen molar-refractivity contribution in [2.24, 2.45) is 0 Å². The molecular weight excluding hydrogens is 229 g/mol. The second-order valence-corrected chi connectivity index (χ2v) is 4.32. The Morgan fingerprint density at radius 3 is 2.87 bits per heavy atom. The van der Waals surface area contributed by atoms with Gasteiger partial charge in [0, 0.05) is 10.8 Å². The molecule has 0 aromatic carbocycles. The molecule has 2 nitrogen and oxygen atoms in total. The van der Waals surface area contributed by atoms with E-state index in [0.717, 1.165) is 11.8 Å². The maximum atomic E-state index is 12.0. The molecule has 1 aliphatic heterocycles. The SMILES string of the molecule is CCOC(=O)C1=CSC(CC(F)(F)F)C1. The predicted molar refractivity (Wildman–Crippen MR) is 51.4 cm³/mol. The van der Waals surface area contributed by atoms with Crippen LogP contribution in [0.1, 0.15) is 19.8 Å². The number of ether oxygens (including phenoxy) is 1. The third-order valence-electron chi connectivity index (χ3n) is 1.85. The number of hydrogen-bond acceptors (Lipinski definition) is 3. The van der Waals surface area contributed by atoms with Crippen molar-refractivity contribution in [3.05, 3.63) is 11.0 Å². The van der Waals surface area contributed by atoms with E-state index in [1.807, 2.05) is 0 Å². The summed E-state index contributed by atoms with van der Waals surface area (Å²) in [4.78, 5) is 11.2. The lowest BCUT2D eigenvalue weighted by Crippen LogP contribution is -2.16. The average Bonchev–Trinajstić information content (AvgIpc) is 2.50. The van der Waals surface area contributed by atoms with E-state index in [-0.39, 0.29) is 13.0 Å². The van der Waals surface area contributed by atoms with Crippen molar-refractivity contribution in [3.8, 4) is 0 Å². The number of thioether (sulfide) groups is 1. The zero-order valence-corrected chi connectivity index (χ0v) is 8.95. The monoisotopic (exact) mass is 240 g/mol. The van der Waals surface area contributed by atoms with E-state index in [0.29, 0.717) is 5.57 Å². The van der Waals surface area contributed by atoms with Gasteiger partial charge in [0.2, 0.25) is 0 Å². The molecule has 0 amide bonds. The van der Waals surface area contributed by atoms with Gasteiger partial charge in [-0.2, -0.15) is 13.2 Å². The lowest BCUT2D eigenvalue weighted by atomic mass is 10.1. The molecule has 0 aromatic heterocycles. The van der Waals surface area contributed by atoms with Crippen LogP contribution in [0.5, 0.6) is 0 Å². The Morgan fingerprint density at radius 1 is 1.67 bits per heavy atom. The highest BCUT2D eigenvalue weighted by molar-refractivity contribution is 8.03. The fourth-order valence-corrected chi connectivity index (χ4v) is 2.36. The van der Waals surface area contributed by atoms with Gasteiger partial charge in [0.05, 0.1) is 13.0 Å². The number of carbonyl (C=O) groups is 1. The topological polar surface area (TPSA) is 26.3 Å². The molecule has 0 aromatic rings. The number of rotatable bonds is 3. The van der Waals surface area contributed by atoms with Crippen LogP contribution in [0.15, 0.2) is 11.0 Å². The molecule has 1 aliphatic rings. The zero-order valence-electron chi connectivity index (χ0n) is 8.13. The zero-order chi connectivity index (χ0) is 11.5. The molecule has 0 aliphatic carbocycles. The Hall–Kier alpha value is -0.650. The minimum atomic E-state index is -4.17. The van der Waals surface area contributed by atoms with Gasteiger partial charge in [-0.15, -0.1) is 11.8 Å². The number of esters is 1. The standard InChI is InChI=1S/C9H11F3O2S/c1-2-14-8(13)6-3-7(15-5-6)4-9(10,11)12/h5,7H,2-4H2,1H3. The summed E-state index contributed by atoms with van der Waals surface area (Å²) in [6.45, 7) is 1.90. The molecule has 0 saturated heterocycles. The van der Waals surface area contributed by atoms with Crippen LogP contribution in [-0.4, -0.2) is 24.0 Å². The van der Waals surface area contributed by atoms with Crippen LogP contribution in [0.2, 0.25) is 0 Å². The molecule has 1 unspecified atom stereocenters. The largest absolute Gasteiger partial charge is 0.463 e. The van der Waals surface area contributed by atoms with Gasteiger partial charge in [0.25, 0.3) is 0 Å². The summed E-state index contributed by atoms with van der Waals surface area (Å²) in [5, 5.41) is 0.887. The molecule has 1 rings (SSSR count). The van der Waals surface area contributed by atoms with E-state index in [1.165, 1.54) is 5.41 Å². The number of hydrogen-bond donors (Lipinski definition) is 0. The molecule has 0 fully saturated rings. The fraction of sp³-hybridized carbons (Fsp3) is 0.667. The van der Waals surface area contributed by atoms with Crippen LogP contribution in [0.4, 0.5) is 13.2 Å². The summed E-state index contributed by atoms with van der Waals surface area (Å²) < 4.78 is 40.8. The minimum absolute atomic E-state index is 0.142. The number of halogens is 3. The van der Waals surface area contributed by atoms with E-state index in [1.54, 1.807) is 6.92 Å². The predicted octanol–water partition coefficient (Wildman–Crippen LogP) is 2.89. The molecule has 0 radical (unpaired) electrons. The summed E-state index contributed by atoms with van der Waals surface area (Å²) in [6, 6.07) is 0. The third kappa shape index (κ3) is 4.15. The van der Waals surface area contributed by atoms with Crippen LogP contribution in [0.25, 0.3) is 0 Å². The molecule has 0 bridgehead atoms. The Labute approximate surface area is 89.9 Å². The lowest BCUT2D eigenvalue weighted by molar-refractivity contribution is -0.140. The summed E-state index contributed by atoms with van der Waals surface area (Å²) in [5.74, 6) is -0.505. The highest BCUT2D eigenvalue weighted by atomic mass is 32.2. The molecule has 0 N–H and O–H groups in total. The highest BCUT2D eigenvalue weighted by Crippen LogP contribution is 2.37. The first-order valence-corrected chi connectivity index (χ1v) is 5.45. The van der Waals surface area contributed by atoms with E-state index in [9.17, 15) is 18.0 Å². The van der Waals surface area contributed by atoms with Gasteiger partial charge >= 0.3 is 12.1 Å². The van der Waals surface area contributed by atoms with Crippen molar-refractivity contribution >= 4 is 17.7 Å². The molecular formula is C9H11F3O2S. The maximum absolute atomic E-state index is 12.0. The maximum Gasteiger partial charge on any atom is 0.390 e. The molecule has 86 valence electrons. The van der Waals surface area contributed by atoms with Crippen LogP contribution in [-0.2, 0) is 9.53 Å². The van der Waals surface area contributed by atoms with E-state index < -0.39 is 23.8 Å². The van der Waals surface area contributed by atoms with Crippen LogP contribution < -0.4 is 0 Å². The van der Waals surface area contributed by atoms with Gasteiger partial charge in [-0.25, -0.2) is 4.79 Å². The Balaban J connectivity index is 2.40. The lowest BCUT2D eigenvalue weighted by Gasteiger charge is -2.11. The smallest absolute Gasteiger partial charge is 0.390 e. The number of alkyl halides is 3. The molecule has 6 heteroatoms. The van der Waals surface area contributed by atoms with Crippen LogP contribution in [0.3, 0.4) is 0 Å².